The predicted octanol–water partition coefficient (Wildman–Crippen LogP) is 2.31. The molecule has 3 heterocycles. The van der Waals surface area contributed by atoms with Crippen LogP contribution in [0.25, 0.3) is 0 Å². The van der Waals surface area contributed by atoms with Crippen LogP contribution in [0.15, 0.2) is 30.3 Å². The maximum absolute atomic E-state index is 9.67. The number of benzene rings is 1. The van der Waals surface area contributed by atoms with E-state index in [0.29, 0.717) is 5.92 Å². The average molecular weight is 382 g/mol. The topological polar surface area (TPSA) is 55.7 Å². The van der Waals surface area contributed by atoms with Gasteiger partial charge in [-0.3, -0.25) is 4.90 Å². The van der Waals surface area contributed by atoms with Crippen LogP contribution in [0.1, 0.15) is 29.7 Å². The van der Waals surface area contributed by atoms with Gasteiger partial charge in [-0.05, 0) is 24.3 Å². The molecule has 0 spiro atoms. The van der Waals surface area contributed by atoms with Gasteiger partial charge < -0.3 is 14.9 Å². The number of fused-ring (bicyclic) bond motifs is 1. The van der Waals surface area contributed by atoms with E-state index in [4.69, 9.17) is 9.97 Å². The van der Waals surface area contributed by atoms with Gasteiger partial charge in [-0.25, -0.2) is 4.98 Å². The minimum absolute atomic E-state index is 0.254. The van der Waals surface area contributed by atoms with Gasteiger partial charge in [-0.1, -0.05) is 30.3 Å². The largest absolute Gasteiger partial charge is 0.396 e. The fraction of sp³-hybridized carbons (Fsp3) is 0.545. The highest BCUT2D eigenvalue weighted by atomic mass is 16.3. The third-order valence-electron chi connectivity index (χ3n) is 5.83. The highest BCUT2D eigenvalue weighted by Gasteiger charge is 2.28. The Kier molecular flexibility index (Phi) is 5.78. The highest BCUT2D eigenvalue weighted by molar-refractivity contribution is 5.54. The van der Waals surface area contributed by atoms with E-state index in [1.807, 2.05) is 19.0 Å². The summed E-state index contributed by atoms with van der Waals surface area (Å²) < 4.78 is 0. The molecule has 0 unspecified atom stereocenters. The average Bonchev–Trinajstić information content (AvgIpc) is 2.73. The summed E-state index contributed by atoms with van der Waals surface area (Å²) >= 11 is 0. The summed E-state index contributed by atoms with van der Waals surface area (Å²) in [5, 5.41) is 9.67. The highest BCUT2D eigenvalue weighted by Crippen LogP contribution is 2.31. The smallest absolute Gasteiger partial charge is 0.227 e. The fourth-order valence-electron chi connectivity index (χ4n) is 4.28. The van der Waals surface area contributed by atoms with Crippen molar-refractivity contribution >= 4 is 11.8 Å². The lowest BCUT2D eigenvalue weighted by atomic mass is 9.97. The lowest BCUT2D eigenvalue weighted by Crippen LogP contribution is -2.40. The molecule has 2 aromatic rings. The van der Waals surface area contributed by atoms with Crippen molar-refractivity contribution in [1.29, 1.82) is 0 Å². The molecule has 1 atom stereocenters. The lowest BCUT2D eigenvalue weighted by molar-refractivity contribution is 0.207. The van der Waals surface area contributed by atoms with E-state index in [-0.39, 0.29) is 6.61 Å². The molecule has 0 bridgehead atoms. The van der Waals surface area contributed by atoms with Crippen LogP contribution < -0.4 is 9.80 Å². The van der Waals surface area contributed by atoms with E-state index in [1.54, 1.807) is 0 Å². The van der Waals surface area contributed by atoms with Gasteiger partial charge in [0.25, 0.3) is 0 Å². The number of nitrogens with zero attached hydrogens (tertiary/aromatic N) is 5. The Morgan fingerprint density at radius 2 is 1.96 bits per heavy atom. The summed E-state index contributed by atoms with van der Waals surface area (Å²) in [6.07, 6.45) is 3.16. The molecule has 0 aliphatic carbocycles. The number of aliphatic hydroxyl groups excluding tert-OH is 1. The molecule has 0 saturated carbocycles. The minimum atomic E-state index is 0.254. The van der Waals surface area contributed by atoms with E-state index >= 15 is 0 Å². The second-order valence-corrected chi connectivity index (χ2v) is 8.25. The molecule has 6 heteroatoms. The molecule has 28 heavy (non-hydrogen) atoms. The Balaban J connectivity index is 1.63. The first-order chi connectivity index (χ1) is 13.6. The van der Waals surface area contributed by atoms with Gasteiger partial charge in [0.1, 0.15) is 5.82 Å². The van der Waals surface area contributed by atoms with E-state index in [2.05, 4.69) is 40.1 Å². The maximum Gasteiger partial charge on any atom is 0.227 e. The summed E-state index contributed by atoms with van der Waals surface area (Å²) in [5.41, 5.74) is 3.80. The molecule has 2 aliphatic heterocycles. The first-order valence-corrected chi connectivity index (χ1v) is 10.3. The molecule has 0 amide bonds. The third-order valence-corrected chi connectivity index (χ3v) is 5.83. The summed E-state index contributed by atoms with van der Waals surface area (Å²) in [6.45, 7) is 4.99. The van der Waals surface area contributed by atoms with Crippen LogP contribution in [0.3, 0.4) is 0 Å². The van der Waals surface area contributed by atoms with Gasteiger partial charge in [-0.15, -0.1) is 0 Å². The molecule has 2 aliphatic rings. The summed E-state index contributed by atoms with van der Waals surface area (Å²) in [6, 6.07) is 10.7. The van der Waals surface area contributed by atoms with Gasteiger partial charge in [0.2, 0.25) is 5.95 Å². The Bertz CT molecular complexity index is 795. The molecule has 1 fully saturated rings. The molecule has 6 nitrogen and oxygen atoms in total. The molecule has 1 aromatic heterocycles. The van der Waals surface area contributed by atoms with Gasteiger partial charge in [-0.2, -0.15) is 4.98 Å². The Labute approximate surface area is 167 Å². The van der Waals surface area contributed by atoms with Crippen molar-refractivity contribution in [2.24, 2.45) is 5.92 Å². The first kappa shape index (κ1) is 19.2. The Hall–Kier alpha value is -2.18. The van der Waals surface area contributed by atoms with Gasteiger partial charge in [0.15, 0.2) is 0 Å². The second kappa shape index (κ2) is 8.45. The number of aromatic nitrogens is 2. The molecule has 1 aromatic carbocycles. The predicted molar refractivity (Wildman–Crippen MR) is 113 cm³/mol. The lowest BCUT2D eigenvalue weighted by Gasteiger charge is -2.37. The first-order valence-electron chi connectivity index (χ1n) is 10.3. The molecular weight excluding hydrogens is 350 g/mol. The zero-order chi connectivity index (χ0) is 19.5. The third kappa shape index (κ3) is 4.13. The van der Waals surface area contributed by atoms with Crippen LogP contribution in [-0.4, -0.2) is 60.3 Å². The fourth-order valence-corrected chi connectivity index (χ4v) is 4.28. The van der Waals surface area contributed by atoms with Crippen molar-refractivity contribution < 1.29 is 5.11 Å². The number of anilines is 2. The number of hydrogen-bond donors (Lipinski definition) is 1. The number of hydrogen-bond acceptors (Lipinski definition) is 6. The van der Waals surface area contributed by atoms with Crippen LogP contribution in [0.4, 0.5) is 11.8 Å². The van der Waals surface area contributed by atoms with Crippen LogP contribution in [-0.2, 0) is 19.5 Å². The van der Waals surface area contributed by atoms with Crippen molar-refractivity contribution in [2.45, 2.75) is 32.4 Å². The standard InChI is InChI=1S/C22H31N5O/c1-25(2)22-23-20-10-12-26(13-17-7-4-3-5-8-17)15-19(20)21(24-22)27-11-6-9-18(14-27)16-28/h3-5,7-8,18,28H,6,9-16H2,1-2H3/t18-/m1/s1. The van der Waals surface area contributed by atoms with Crippen LogP contribution >= 0.6 is 0 Å². The van der Waals surface area contributed by atoms with Crippen molar-refractivity contribution in [1.82, 2.24) is 14.9 Å². The monoisotopic (exact) mass is 381 g/mol. The SMILES string of the molecule is CN(C)c1nc2c(c(N3CCC[C@@H](CO)C3)n1)CN(Cc1ccccc1)CC2. The summed E-state index contributed by atoms with van der Waals surface area (Å²) in [7, 11) is 4.01. The minimum Gasteiger partial charge on any atom is -0.396 e. The van der Waals surface area contributed by atoms with Crippen molar-refractivity contribution in [3.05, 3.63) is 47.2 Å². The quantitative estimate of drug-likeness (QED) is 0.858. The Morgan fingerprint density at radius 1 is 1.14 bits per heavy atom. The zero-order valence-corrected chi connectivity index (χ0v) is 17.0. The summed E-state index contributed by atoms with van der Waals surface area (Å²) in [5.74, 6) is 2.20. The van der Waals surface area contributed by atoms with Crippen molar-refractivity contribution in [3.63, 3.8) is 0 Å². The molecule has 1 saturated heterocycles. The summed E-state index contributed by atoms with van der Waals surface area (Å²) in [4.78, 5) is 16.7. The number of aliphatic hydroxyl groups is 1. The maximum atomic E-state index is 9.67. The van der Waals surface area contributed by atoms with Gasteiger partial charge >= 0.3 is 0 Å². The van der Waals surface area contributed by atoms with Crippen LogP contribution in [0, 0.1) is 5.92 Å². The molecular formula is C22H31N5O. The molecule has 150 valence electrons. The second-order valence-electron chi connectivity index (χ2n) is 8.25. The van der Waals surface area contributed by atoms with E-state index in [9.17, 15) is 5.11 Å². The molecule has 4 rings (SSSR count). The molecule has 0 radical (unpaired) electrons. The van der Waals surface area contributed by atoms with Crippen LogP contribution in [0.5, 0.6) is 0 Å². The Morgan fingerprint density at radius 3 is 2.71 bits per heavy atom. The van der Waals surface area contributed by atoms with Crippen LogP contribution in [0.2, 0.25) is 0 Å². The zero-order valence-electron chi connectivity index (χ0n) is 17.0. The van der Waals surface area contributed by atoms with Gasteiger partial charge in [0.05, 0.1) is 5.69 Å². The number of piperidine rings is 1. The van der Waals surface area contributed by atoms with E-state index in [0.717, 1.165) is 63.8 Å². The van der Waals surface area contributed by atoms with E-state index < -0.39 is 0 Å². The van der Waals surface area contributed by atoms with Crippen molar-refractivity contribution in [2.75, 3.05) is 50.1 Å². The number of rotatable bonds is 5. The van der Waals surface area contributed by atoms with E-state index in [1.165, 1.54) is 16.8 Å². The normalized spacial score (nSPS) is 20.1. The van der Waals surface area contributed by atoms with Gasteiger partial charge in [0, 0.05) is 65.4 Å². The molecule has 1 N–H and O–H groups in total. The van der Waals surface area contributed by atoms with Crippen molar-refractivity contribution in [3.8, 4) is 0 Å².